The van der Waals surface area contributed by atoms with Gasteiger partial charge in [-0.25, -0.2) is 8.42 Å². The highest BCUT2D eigenvalue weighted by Crippen LogP contribution is 2.46. The van der Waals surface area contributed by atoms with Crippen molar-refractivity contribution in [2.24, 2.45) is 5.73 Å². The first-order valence-electron chi connectivity index (χ1n) is 9.31. The third-order valence-corrected chi connectivity index (χ3v) is 9.55. The number of benzene rings is 2. The number of hydrogen-bond donors (Lipinski definition) is 2. The summed E-state index contributed by atoms with van der Waals surface area (Å²) in [5, 5.41) is 10.0. The van der Waals surface area contributed by atoms with Gasteiger partial charge in [0.25, 0.3) is 0 Å². The van der Waals surface area contributed by atoms with Crippen molar-refractivity contribution in [2.45, 2.75) is 54.7 Å². The van der Waals surface area contributed by atoms with Gasteiger partial charge in [-0.3, -0.25) is 0 Å². The van der Waals surface area contributed by atoms with Gasteiger partial charge in [0.1, 0.15) is 10.8 Å². The van der Waals surface area contributed by atoms with Gasteiger partial charge in [0.2, 0.25) is 0 Å². The Balaban J connectivity index is 1.88. The zero-order valence-electron chi connectivity index (χ0n) is 15.8. The topological polar surface area (TPSA) is 80.4 Å². The minimum Gasteiger partial charge on any atom is -0.508 e. The van der Waals surface area contributed by atoms with Crippen molar-refractivity contribution in [1.82, 2.24) is 0 Å². The zero-order valence-corrected chi connectivity index (χ0v) is 17.4. The zero-order chi connectivity index (χ0) is 19.7. The average Bonchev–Trinajstić information content (AvgIpc) is 2.68. The minimum atomic E-state index is -3.35. The van der Waals surface area contributed by atoms with E-state index in [9.17, 15) is 13.5 Å². The van der Waals surface area contributed by atoms with E-state index in [-0.39, 0.29) is 27.5 Å². The van der Waals surface area contributed by atoms with Crippen molar-refractivity contribution in [1.29, 1.82) is 0 Å². The Bertz CT molecular complexity index is 893. The van der Waals surface area contributed by atoms with Crippen molar-refractivity contribution in [3.63, 3.8) is 0 Å². The summed E-state index contributed by atoms with van der Waals surface area (Å²) < 4.78 is 25.4. The van der Waals surface area contributed by atoms with E-state index in [0.717, 1.165) is 24.0 Å². The van der Waals surface area contributed by atoms with Crippen molar-refractivity contribution in [3.05, 3.63) is 59.7 Å². The van der Waals surface area contributed by atoms with Gasteiger partial charge in [0, 0.05) is 16.7 Å². The largest absolute Gasteiger partial charge is 0.508 e. The maximum Gasteiger partial charge on any atom is 0.187 e. The third-order valence-electron chi connectivity index (χ3n) is 5.89. The smallest absolute Gasteiger partial charge is 0.187 e. The van der Waals surface area contributed by atoms with Crippen LogP contribution in [0.1, 0.15) is 37.8 Å². The summed E-state index contributed by atoms with van der Waals surface area (Å²) in [4.78, 5) is 0.351. The van der Waals surface area contributed by atoms with Crippen LogP contribution in [0.3, 0.4) is 0 Å². The van der Waals surface area contributed by atoms with Crippen LogP contribution in [0.4, 0.5) is 0 Å². The molecule has 0 unspecified atom stereocenters. The highest BCUT2D eigenvalue weighted by molar-refractivity contribution is 8.12. The molecule has 0 heterocycles. The molecule has 27 heavy (non-hydrogen) atoms. The molecule has 4 nitrogen and oxygen atoms in total. The lowest BCUT2D eigenvalue weighted by molar-refractivity contribution is 0.290. The number of nitrogens with two attached hydrogens (primary N) is 1. The molecule has 0 aliphatic heterocycles. The van der Waals surface area contributed by atoms with Gasteiger partial charge < -0.3 is 10.8 Å². The molecule has 1 aliphatic rings. The molecule has 1 aliphatic carbocycles. The molecule has 0 aromatic heterocycles. The Labute approximate surface area is 166 Å². The molecule has 0 saturated heterocycles. The molecular weight excluding hydrogens is 378 g/mol. The van der Waals surface area contributed by atoms with Gasteiger partial charge in [-0.2, -0.15) is 0 Å². The second-order valence-corrected chi connectivity index (χ2v) is 10.8. The van der Waals surface area contributed by atoms with E-state index < -0.39 is 9.84 Å². The molecule has 0 amide bonds. The first-order chi connectivity index (χ1) is 12.8. The van der Waals surface area contributed by atoms with E-state index in [4.69, 9.17) is 5.73 Å². The molecule has 0 bridgehead atoms. The van der Waals surface area contributed by atoms with Crippen LogP contribution in [0.25, 0.3) is 0 Å². The molecule has 2 aromatic carbocycles. The lowest BCUT2D eigenvalue weighted by Crippen LogP contribution is -2.55. The van der Waals surface area contributed by atoms with Crippen molar-refractivity contribution >= 4 is 21.6 Å². The van der Waals surface area contributed by atoms with E-state index in [2.05, 4.69) is 13.8 Å². The van der Waals surface area contributed by atoms with Gasteiger partial charge in [-0.1, -0.05) is 38.1 Å². The van der Waals surface area contributed by atoms with Crippen LogP contribution < -0.4 is 5.73 Å². The number of thioether (sulfide) groups is 1. The summed E-state index contributed by atoms with van der Waals surface area (Å²) in [6.45, 7) is 4.23. The number of aromatic hydroxyl groups is 1. The molecule has 0 radical (unpaired) electrons. The predicted octanol–water partition coefficient (Wildman–Crippen LogP) is 3.87. The van der Waals surface area contributed by atoms with Crippen LogP contribution in [-0.2, 0) is 21.7 Å². The quantitative estimate of drug-likeness (QED) is 0.763. The minimum absolute atomic E-state index is 0.0143. The second-order valence-electron chi connectivity index (χ2n) is 7.19. The highest BCUT2D eigenvalue weighted by Gasteiger charge is 2.45. The fourth-order valence-electron chi connectivity index (χ4n) is 4.22. The van der Waals surface area contributed by atoms with Crippen molar-refractivity contribution < 1.29 is 13.5 Å². The highest BCUT2D eigenvalue weighted by atomic mass is 32.3. The molecule has 2 aromatic rings. The number of rotatable bonds is 6. The van der Waals surface area contributed by atoms with Crippen LogP contribution in [0, 0.1) is 0 Å². The van der Waals surface area contributed by atoms with Crippen LogP contribution in [0.15, 0.2) is 53.4 Å². The van der Waals surface area contributed by atoms with Crippen molar-refractivity contribution in [2.75, 3.05) is 5.08 Å². The Morgan fingerprint density at radius 1 is 1.15 bits per heavy atom. The van der Waals surface area contributed by atoms with Crippen LogP contribution >= 0.6 is 11.8 Å². The Hall–Kier alpha value is -1.50. The monoisotopic (exact) mass is 405 g/mol. The summed E-state index contributed by atoms with van der Waals surface area (Å²) >= 11 is 1.43. The SMILES string of the molecule is CCC1(CC)c2cc(O)ccc2C[C@H](SCS(=O)(=O)c2ccccc2)[C@H]1N. The van der Waals surface area contributed by atoms with Crippen LogP contribution in [-0.4, -0.2) is 29.9 Å². The molecule has 0 saturated carbocycles. The number of fused-ring (bicyclic) bond motifs is 1. The van der Waals surface area contributed by atoms with Gasteiger partial charge in [-0.05, 0) is 54.7 Å². The normalized spacial score (nSPS) is 21.6. The first kappa shape index (κ1) is 20.2. The molecule has 146 valence electrons. The van der Waals surface area contributed by atoms with Gasteiger partial charge in [0.15, 0.2) is 9.84 Å². The van der Waals surface area contributed by atoms with E-state index in [1.165, 1.54) is 11.8 Å². The molecule has 6 heteroatoms. The maximum atomic E-state index is 12.7. The Morgan fingerprint density at radius 3 is 2.44 bits per heavy atom. The van der Waals surface area contributed by atoms with E-state index in [1.54, 1.807) is 30.3 Å². The lowest BCUT2D eigenvalue weighted by Gasteiger charge is -2.47. The fraction of sp³-hybridized carbons (Fsp3) is 0.429. The average molecular weight is 406 g/mol. The first-order valence-corrected chi connectivity index (χ1v) is 12.0. The van der Waals surface area contributed by atoms with Gasteiger partial charge in [-0.15, -0.1) is 11.8 Å². The van der Waals surface area contributed by atoms with Crippen LogP contribution in [0.2, 0.25) is 0 Å². The number of sulfone groups is 1. The molecule has 3 rings (SSSR count). The number of hydrogen-bond acceptors (Lipinski definition) is 5. The summed E-state index contributed by atoms with van der Waals surface area (Å²) in [7, 11) is -3.35. The van der Waals surface area contributed by atoms with Crippen LogP contribution in [0.5, 0.6) is 5.75 Å². The fourth-order valence-corrected chi connectivity index (χ4v) is 7.52. The Morgan fingerprint density at radius 2 is 1.81 bits per heavy atom. The summed E-state index contributed by atoms with van der Waals surface area (Å²) in [6.07, 6.45) is 2.42. The third kappa shape index (κ3) is 3.75. The summed E-state index contributed by atoms with van der Waals surface area (Å²) in [5.74, 6) is 0.255. The molecule has 2 atom stereocenters. The molecule has 0 fully saturated rings. The number of phenols is 1. The van der Waals surface area contributed by atoms with Gasteiger partial charge in [0.05, 0.1) is 4.90 Å². The van der Waals surface area contributed by atoms with E-state index >= 15 is 0 Å². The lowest BCUT2D eigenvalue weighted by atomic mass is 9.63. The van der Waals surface area contributed by atoms with E-state index in [1.807, 2.05) is 18.2 Å². The summed E-state index contributed by atoms with van der Waals surface area (Å²) in [5.41, 5.74) is 8.74. The molecule has 0 spiro atoms. The van der Waals surface area contributed by atoms with Gasteiger partial charge >= 0.3 is 0 Å². The number of phenolic OH excluding ortho intramolecular Hbond substituents is 1. The standard InChI is InChI=1S/C21H27NO3S2/c1-3-21(4-2)18-13-16(23)11-10-15(18)12-19(20(21)22)26-14-27(24,25)17-8-6-5-7-9-17/h5-11,13,19-20,23H,3-4,12,14,22H2,1-2H3/t19-,20+/m0/s1. The second kappa shape index (κ2) is 7.86. The predicted molar refractivity (Wildman–Crippen MR) is 112 cm³/mol. The Kier molecular flexibility index (Phi) is 5.89. The van der Waals surface area contributed by atoms with Crippen molar-refractivity contribution in [3.8, 4) is 5.75 Å². The van der Waals surface area contributed by atoms with E-state index in [0.29, 0.717) is 11.3 Å². The maximum absolute atomic E-state index is 12.7. The molecular formula is C21H27NO3S2. The summed E-state index contributed by atoms with van der Waals surface area (Å²) in [6, 6.07) is 13.9. The molecule has 3 N–H and O–H groups in total.